The Balaban J connectivity index is 1.54. The zero-order valence-corrected chi connectivity index (χ0v) is 13.8. The Labute approximate surface area is 144 Å². The summed E-state index contributed by atoms with van der Waals surface area (Å²) in [6.45, 7) is 1.12. The van der Waals surface area contributed by atoms with E-state index in [1.54, 1.807) is 17.0 Å². The van der Waals surface area contributed by atoms with Gasteiger partial charge in [-0.1, -0.05) is 12.1 Å². The molecule has 3 rings (SSSR count). The second kappa shape index (κ2) is 7.63. The highest BCUT2D eigenvalue weighted by Crippen LogP contribution is 2.21. The van der Waals surface area contributed by atoms with Crippen LogP contribution < -0.4 is 0 Å². The first-order valence-electron chi connectivity index (χ1n) is 8.42. The van der Waals surface area contributed by atoms with Crippen LogP contribution in [0.1, 0.15) is 24.8 Å². The zero-order chi connectivity index (χ0) is 17.8. The fourth-order valence-corrected chi connectivity index (χ4v) is 3.11. The van der Waals surface area contributed by atoms with Crippen molar-refractivity contribution in [2.24, 2.45) is 5.92 Å². The molecule has 0 aliphatic carbocycles. The van der Waals surface area contributed by atoms with Crippen LogP contribution >= 0.6 is 0 Å². The minimum Gasteiger partial charge on any atom is -0.463 e. The first-order chi connectivity index (χ1) is 12.0. The SMILES string of the molecule is O=C(O[C@@H]1CCOC1=O)[C@H]1CCCN(C(=O)Cc2ccc(F)cc2)C1. The molecule has 2 saturated heterocycles. The van der Waals surface area contributed by atoms with Gasteiger partial charge in [0.1, 0.15) is 5.82 Å². The van der Waals surface area contributed by atoms with Gasteiger partial charge in [-0.3, -0.25) is 9.59 Å². The molecule has 25 heavy (non-hydrogen) atoms. The minimum atomic E-state index is -0.821. The molecule has 7 heteroatoms. The normalized spacial score (nSPS) is 23.2. The summed E-state index contributed by atoms with van der Waals surface area (Å²) < 4.78 is 22.9. The maximum absolute atomic E-state index is 12.9. The van der Waals surface area contributed by atoms with Crippen molar-refractivity contribution in [1.82, 2.24) is 4.90 Å². The lowest BCUT2D eigenvalue weighted by Gasteiger charge is -2.32. The summed E-state index contributed by atoms with van der Waals surface area (Å²) in [4.78, 5) is 37.7. The Morgan fingerprint density at radius 3 is 2.68 bits per heavy atom. The van der Waals surface area contributed by atoms with Crippen LogP contribution in [-0.4, -0.2) is 48.5 Å². The average molecular weight is 349 g/mol. The lowest BCUT2D eigenvalue weighted by molar-refractivity contribution is -0.165. The van der Waals surface area contributed by atoms with E-state index in [1.807, 2.05) is 0 Å². The van der Waals surface area contributed by atoms with Gasteiger partial charge in [0, 0.05) is 19.5 Å². The Kier molecular flexibility index (Phi) is 5.31. The van der Waals surface area contributed by atoms with Crippen LogP contribution in [0, 0.1) is 11.7 Å². The van der Waals surface area contributed by atoms with E-state index in [1.165, 1.54) is 12.1 Å². The molecule has 0 radical (unpaired) electrons. The molecule has 0 spiro atoms. The Morgan fingerprint density at radius 2 is 2.00 bits per heavy atom. The van der Waals surface area contributed by atoms with Crippen molar-refractivity contribution in [3.63, 3.8) is 0 Å². The molecule has 0 bridgehead atoms. The molecule has 1 amide bonds. The van der Waals surface area contributed by atoms with Gasteiger partial charge in [-0.25, -0.2) is 9.18 Å². The van der Waals surface area contributed by atoms with Crippen LogP contribution in [0.5, 0.6) is 0 Å². The number of amides is 1. The standard InChI is InChI=1S/C18H20FNO5/c19-14-5-3-12(4-6-14)10-16(21)20-8-1-2-13(11-20)17(22)25-15-7-9-24-18(15)23/h3-6,13,15H,1-2,7-11H2/t13-,15+/m0/s1. The fraction of sp³-hybridized carbons (Fsp3) is 0.500. The summed E-state index contributed by atoms with van der Waals surface area (Å²) >= 11 is 0. The fourth-order valence-electron chi connectivity index (χ4n) is 3.11. The Hall–Kier alpha value is -2.44. The van der Waals surface area contributed by atoms with E-state index in [-0.39, 0.29) is 31.3 Å². The zero-order valence-electron chi connectivity index (χ0n) is 13.8. The average Bonchev–Trinajstić information content (AvgIpc) is 3.02. The Bertz CT molecular complexity index is 660. The number of hydrogen-bond acceptors (Lipinski definition) is 5. The molecule has 1 aromatic carbocycles. The smallest absolute Gasteiger partial charge is 0.347 e. The minimum absolute atomic E-state index is 0.107. The van der Waals surface area contributed by atoms with Gasteiger partial charge in [-0.05, 0) is 30.5 Å². The summed E-state index contributed by atoms with van der Waals surface area (Å²) in [5, 5.41) is 0. The van der Waals surface area contributed by atoms with Gasteiger partial charge in [0.2, 0.25) is 12.0 Å². The number of benzene rings is 1. The predicted octanol–water partition coefficient (Wildman–Crippen LogP) is 1.47. The summed E-state index contributed by atoms with van der Waals surface area (Å²) in [5.74, 6) is -1.84. The molecule has 0 saturated carbocycles. The van der Waals surface area contributed by atoms with Crippen LogP contribution in [0.2, 0.25) is 0 Å². The molecule has 1 aromatic rings. The number of nitrogens with zero attached hydrogens (tertiary/aromatic N) is 1. The van der Waals surface area contributed by atoms with Crippen molar-refractivity contribution < 1.29 is 28.2 Å². The Morgan fingerprint density at radius 1 is 1.24 bits per heavy atom. The third-order valence-corrected chi connectivity index (χ3v) is 4.52. The lowest BCUT2D eigenvalue weighted by Crippen LogP contribution is -2.44. The summed E-state index contributed by atoms with van der Waals surface area (Å²) in [6.07, 6.45) is 1.05. The van der Waals surface area contributed by atoms with Gasteiger partial charge in [0.15, 0.2) is 0 Å². The van der Waals surface area contributed by atoms with Crippen LogP contribution in [0.4, 0.5) is 4.39 Å². The van der Waals surface area contributed by atoms with Crippen LogP contribution in [-0.2, 0) is 30.3 Å². The molecule has 6 nitrogen and oxygen atoms in total. The summed E-state index contributed by atoms with van der Waals surface area (Å²) in [7, 11) is 0. The molecule has 2 fully saturated rings. The number of carbonyl (C=O) groups is 3. The second-order valence-corrected chi connectivity index (χ2v) is 6.36. The van der Waals surface area contributed by atoms with Gasteiger partial charge in [0.25, 0.3) is 0 Å². The van der Waals surface area contributed by atoms with Crippen molar-refractivity contribution in [3.05, 3.63) is 35.6 Å². The van der Waals surface area contributed by atoms with Crippen molar-refractivity contribution in [3.8, 4) is 0 Å². The van der Waals surface area contributed by atoms with Crippen molar-refractivity contribution >= 4 is 17.8 Å². The third kappa shape index (κ3) is 4.35. The van der Waals surface area contributed by atoms with Gasteiger partial charge < -0.3 is 14.4 Å². The lowest BCUT2D eigenvalue weighted by atomic mass is 9.97. The van der Waals surface area contributed by atoms with Gasteiger partial charge in [-0.15, -0.1) is 0 Å². The van der Waals surface area contributed by atoms with E-state index < -0.39 is 24.0 Å². The number of hydrogen-bond donors (Lipinski definition) is 0. The van der Waals surface area contributed by atoms with E-state index in [0.29, 0.717) is 25.8 Å². The molecular formula is C18H20FNO5. The largest absolute Gasteiger partial charge is 0.463 e. The number of likely N-dealkylation sites (tertiary alicyclic amines) is 1. The first-order valence-corrected chi connectivity index (χ1v) is 8.42. The number of halogens is 1. The number of cyclic esters (lactones) is 1. The molecule has 2 aliphatic rings. The molecule has 0 N–H and O–H groups in total. The highest BCUT2D eigenvalue weighted by atomic mass is 19.1. The van der Waals surface area contributed by atoms with Crippen LogP contribution in [0.15, 0.2) is 24.3 Å². The number of carbonyl (C=O) groups excluding carboxylic acids is 3. The highest BCUT2D eigenvalue weighted by molar-refractivity contribution is 5.83. The van der Waals surface area contributed by atoms with E-state index >= 15 is 0 Å². The molecule has 134 valence electrons. The maximum atomic E-state index is 12.9. The molecule has 0 aromatic heterocycles. The van der Waals surface area contributed by atoms with Crippen molar-refractivity contribution in [2.45, 2.75) is 31.8 Å². The second-order valence-electron chi connectivity index (χ2n) is 6.36. The first kappa shape index (κ1) is 17.4. The number of ether oxygens (including phenoxy) is 2. The molecule has 2 aliphatic heterocycles. The predicted molar refractivity (Wildman–Crippen MR) is 84.9 cm³/mol. The van der Waals surface area contributed by atoms with Gasteiger partial charge in [0.05, 0.1) is 18.9 Å². The summed E-state index contributed by atoms with van der Waals surface area (Å²) in [6, 6.07) is 5.79. The van der Waals surface area contributed by atoms with E-state index in [2.05, 4.69) is 0 Å². The molecule has 2 heterocycles. The maximum Gasteiger partial charge on any atom is 0.347 e. The van der Waals surface area contributed by atoms with Gasteiger partial charge in [-0.2, -0.15) is 0 Å². The number of piperidine rings is 1. The van der Waals surface area contributed by atoms with Crippen LogP contribution in [0.25, 0.3) is 0 Å². The number of rotatable bonds is 4. The third-order valence-electron chi connectivity index (χ3n) is 4.52. The van der Waals surface area contributed by atoms with E-state index in [0.717, 1.165) is 5.56 Å². The molecular weight excluding hydrogens is 329 g/mol. The topological polar surface area (TPSA) is 72.9 Å². The van der Waals surface area contributed by atoms with E-state index in [9.17, 15) is 18.8 Å². The number of esters is 2. The summed E-state index contributed by atoms with van der Waals surface area (Å²) in [5.41, 5.74) is 0.727. The van der Waals surface area contributed by atoms with Crippen LogP contribution in [0.3, 0.4) is 0 Å². The van der Waals surface area contributed by atoms with E-state index in [4.69, 9.17) is 9.47 Å². The molecule has 2 atom stereocenters. The van der Waals surface area contributed by atoms with Crippen molar-refractivity contribution in [2.75, 3.05) is 19.7 Å². The monoisotopic (exact) mass is 349 g/mol. The highest BCUT2D eigenvalue weighted by Gasteiger charge is 2.35. The van der Waals surface area contributed by atoms with Gasteiger partial charge >= 0.3 is 11.9 Å². The quantitative estimate of drug-likeness (QED) is 0.770. The molecule has 0 unspecified atom stereocenters. The van der Waals surface area contributed by atoms with Crippen molar-refractivity contribution in [1.29, 1.82) is 0 Å².